The maximum atomic E-state index is 11.8. The van der Waals surface area contributed by atoms with Gasteiger partial charge in [0.05, 0.1) is 13.0 Å². The quantitative estimate of drug-likeness (QED) is 0.759. The first-order chi connectivity index (χ1) is 8.46. The lowest BCUT2D eigenvalue weighted by molar-refractivity contribution is -0.175. The molecule has 7 heteroatoms. The molecule has 2 rings (SSSR count). The van der Waals surface area contributed by atoms with Gasteiger partial charge >= 0.3 is 6.18 Å². The summed E-state index contributed by atoms with van der Waals surface area (Å²) in [6, 6.07) is 0. The summed E-state index contributed by atoms with van der Waals surface area (Å²) >= 11 is 0. The molecular formula is C11H17F3N2O2. The molecule has 4 nitrogen and oxygen atoms in total. The Morgan fingerprint density at radius 2 is 1.89 bits per heavy atom. The van der Waals surface area contributed by atoms with Crippen LogP contribution in [0.2, 0.25) is 0 Å². The van der Waals surface area contributed by atoms with Crippen LogP contribution >= 0.6 is 0 Å². The number of halogens is 3. The van der Waals surface area contributed by atoms with Gasteiger partial charge in [0, 0.05) is 26.2 Å². The second-order valence-corrected chi connectivity index (χ2v) is 4.89. The van der Waals surface area contributed by atoms with E-state index in [1.165, 1.54) is 0 Å². The van der Waals surface area contributed by atoms with E-state index in [1.54, 1.807) is 4.90 Å². The number of hydrogen-bond acceptors (Lipinski definition) is 3. The topological polar surface area (TPSA) is 41.6 Å². The van der Waals surface area contributed by atoms with Crippen LogP contribution in [-0.2, 0) is 9.53 Å². The number of carbonyl (C=O) groups is 1. The largest absolute Gasteiger partial charge is 0.411 e. The van der Waals surface area contributed by atoms with E-state index in [0.717, 1.165) is 26.2 Å². The SMILES string of the molecule is O=C(CCOCC(F)(F)F)N1CC2CNCC2C1. The summed E-state index contributed by atoms with van der Waals surface area (Å²) in [5, 5.41) is 3.27. The van der Waals surface area contributed by atoms with Gasteiger partial charge in [-0.1, -0.05) is 0 Å². The molecule has 2 saturated heterocycles. The highest BCUT2D eigenvalue weighted by Gasteiger charge is 2.37. The number of carbonyl (C=O) groups excluding carboxylic acids is 1. The highest BCUT2D eigenvalue weighted by Crippen LogP contribution is 2.26. The third-order valence-electron chi connectivity index (χ3n) is 3.47. The molecule has 2 heterocycles. The van der Waals surface area contributed by atoms with Gasteiger partial charge in [-0.3, -0.25) is 4.79 Å². The van der Waals surface area contributed by atoms with Crippen LogP contribution in [0.25, 0.3) is 0 Å². The smallest absolute Gasteiger partial charge is 0.372 e. The zero-order valence-electron chi connectivity index (χ0n) is 10.0. The number of hydrogen-bond donors (Lipinski definition) is 1. The van der Waals surface area contributed by atoms with Gasteiger partial charge in [0.15, 0.2) is 0 Å². The van der Waals surface area contributed by atoms with E-state index in [0.29, 0.717) is 11.8 Å². The van der Waals surface area contributed by atoms with Gasteiger partial charge < -0.3 is 15.0 Å². The Morgan fingerprint density at radius 3 is 2.44 bits per heavy atom. The fourth-order valence-electron chi connectivity index (χ4n) is 2.56. The number of fused-ring (bicyclic) bond motifs is 1. The molecule has 2 atom stereocenters. The van der Waals surface area contributed by atoms with Crippen molar-refractivity contribution in [2.45, 2.75) is 12.6 Å². The molecule has 0 aromatic rings. The van der Waals surface area contributed by atoms with Crippen LogP contribution < -0.4 is 5.32 Å². The van der Waals surface area contributed by atoms with E-state index >= 15 is 0 Å². The second-order valence-electron chi connectivity index (χ2n) is 4.89. The molecule has 0 saturated carbocycles. The average molecular weight is 266 g/mol. The monoisotopic (exact) mass is 266 g/mol. The van der Waals surface area contributed by atoms with Gasteiger partial charge in [0.2, 0.25) is 5.91 Å². The number of nitrogens with zero attached hydrogens (tertiary/aromatic N) is 1. The molecule has 0 aliphatic carbocycles. The normalized spacial score (nSPS) is 27.6. The zero-order valence-corrected chi connectivity index (χ0v) is 10.0. The summed E-state index contributed by atoms with van der Waals surface area (Å²) in [6.07, 6.45) is -4.29. The summed E-state index contributed by atoms with van der Waals surface area (Å²) < 4.78 is 39.9. The second kappa shape index (κ2) is 5.44. The van der Waals surface area contributed by atoms with Crippen molar-refractivity contribution < 1.29 is 22.7 Å². The third kappa shape index (κ3) is 3.58. The number of likely N-dealkylation sites (tertiary alicyclic amines) is 1. The minimum Gasteiger partial charge on any atom is -0.372 e. The van der Waals surface area contributed by atoms with E-state index in [4.69, 9.17) is 0 Å². The molecule has 104 valence electrons. The van der Waals surface area contributed by atoms with Crippen LogP contribution in [-0.4, -0.2) is 56.4 Å². The lowest BCUT2D eigenvalue weighted by Gasteiger charge is -2.17. The summed E-state index contributed by atoms with van der Waals surface area (Å²) in [5.74, 6) is 0.904. The molecule has 1 N–H and O–H groups in total. The van der Waals surface area contributed by atoms with Crippen LogP contribution in [0, 0.1) is 11.8 Å². The Morgan fingerprint density at radius 1 is 1.28 bits per heavy atom. The van der Waals surface area contributed by atoms with Crippen molar-refractivity contribution in [1.82, 2.24) is 10.2 Å². The molecule has 0 bridgehead atoms. The van der Waals surface area contributed by atoms with E-state index in [2.05, 4.69) is 10.1 Å². The Balaban J connectivity index is 1.64. The summed E-state index contributed by atoms with van der Waals surface area (Å²) in [5.41, 5.74) is 0. The summed E-state index contributed by atoms with van der Waals surface area (Å²) in [6.45, 7) is 1.85. The van der Waals surface area contributed by atoms with Gasteiger partial charge in [-0.25, -0.2) is 0 Å². The fraction of sp³-hybridized carbons (Fsp3) is 0.909. The Kier molecular flexibility index (Phi) is 4.11. The standard InChI is InChI=1S/C11H17F3N2O2/c12-11(13,14)7-18-2-1-10(17)16-5-8-3-15-4-9(8)6-16/h8-9,15H,1-7H2. The first-order valence-corrected chi connectivity index (χ1v) is 6.09. The molecule has 0 aromatic heterocycles. The minimum atomic E-state index is -4.32. The molecule has 0 radical (unpaired) electrons. The van der Waals surface area contributed by atoms with E-state index in [9.17, 15) is 18.0 Å². The molecule has 0 aromatic carbocycles. The van der Waals surface area contributed by atoms with E-state index < -0.39 is 12.8 Å². The lowest BCUT2D eigenvalue weighted by Crippen LogP contribution is -2.32. The van der Waals surface area contributed by atoms with Crippen molar-refractivity contribution in [3.63, 3.8) is 0 Å². The number of nitrogens with one attached hydrogen (secondary N) is 1. The first kappa shape index (κ1) is 13.6. The van der Waals surface area contributed by atoms with Crippen molar-refractivity contribution >= 4 is 5.91 Å². The van der Waals surface area contributed by atoms with Crippen molar-refractivity contribution in [3.05, 3.63) is 0 Å². The highest BCUT2D eigenvalue weighted by molar-refractivity contribution is 5.76. The predicted octanol–water partition coefficient (Wildman–Crippen LogP) is 0.633. The molecule has 1 amide bonds. The maximum absolute atomic E-state index is 11.8. The zero-order chi connectivity index (χ0) is 13.2. The van der Waals surface area contributed by atoms with Crippen molar-refractivity contribution in [2.24, 2.45) is 11.8 Å². The number of alkyl halides is 3. The third-order valence-corrected chi connectivity index (χ3v) is 3.47. The van der Waals surface area contributed by atoms with E-state index in [-0.39, 0.29) is 18.9 Å². The molecule has 2 unspecified atom stereocenters. The predicted molar refractivity (Wildman–Crippen MR) is 57.9 cm³/mol. The highest BCUT2D eigenvalue weighted by atomic mass is 19.4. The Labute approximate surface area is 103 Å². The van der Waals surface area contributed by atoms with Crippen molar-refractivity contribution in [3.8, 4) is 0 Å². The average Bonchev–Trinajstić information content (AvgIpc) is 2.82. The first-order valence-electron chi connectivity index (χ1n) is 6.09. The fourth-order valence-corrected chi connectivity index (χ4v) is 2.56. The lowest BCUT2D eigenvalue weighted by atomic mass is 10.0. The van der Waals surface area contributed by atoms with Crippen LogP contribution in [0.5, 0.6) is 0 Å². The number of amides is 1. The van der Waals surface area contributed by atoms with E-state index in [1.807, 2.05) is 0 Å². The number of ether oxygens (including phenoxy) is 1. The number of rotatable bonds is 4. The summed E-state index contributed by atoms with van der Waals surface area (Å²) in [7, 11) is 0. The van der Waals surface area contributed by atoms with Gasteiger partial charge in [0.25, 0.3) is 0 Å². The Hall–Kier alpha value is -0.820. The maximum Gasteiger partial charge on any atom is 0.411 e. The molecule has 2 aliphatic heterocycles. The molecule has 0 spiro atoms. The minimum absolute atomic E-state index is 0.0307. The molecule has 2 fully saturated rings. The van der Waals surface area contributed by atoms with Crippen LogP contribution in [0.15, 0.2) is 0 Å². The van der Waals surface area contributed by atoms with Crippen LogP contribution in [0.3, 0.4) is 0 Å². The Bertz CT molecular complexity index is 297. The van der Waals surface area contributed by atoms with Crippen molar-refractivity contribution in [1.29, 1.82) is 0 Å². The molecule has 18 heavy (non-hydrogen) atoms. The van der Waals surface area contributed by atoms with Crippen molar-refractivity contribution in [2.75, 3.05) is 39.4 Å². The van der Waals surface area contributed by atoms with Gasteiger partial charge in [0.1, 0.15) is 6.61 Å². The van der Waals surface area contributed by atoms with Gasteiger partial charge in [-0.05, 0) is 11.8 Å². The van der Waals surface area contributed by atoms with Gasteiger partial charge in [-0.2, -0.15) is 13.2 Å². The molecule has 2 aliphatic rings. The van der Waals surface area contributed by atoms with Gasteiger partial charge in [-0.15, -0.1) is 0 Å². The van der Waals surface area contributed by atoms with Crippen LogP contribution in [0.4, 0.5) is 13.2 Å². The van der Waals surface area contributed by atoms with Crippen LogP contribution in [0.1, 0.15) is 6.42 Å². The summed E-state index contributed by atoms with van der Waals surface area (Å²) in [4.78, 5) is 13.5. The molecular weight excluding hydrogens is 249 g/mol.